The molecule has 4 nitrogen and oxygen atoms in total. The number of ether oxygens (including phenoxy) is 2. The predicted octanol–water partition coefficient (Wildman–Crippen LogP) is 3.85. The number of amides is 1. The fraction of sp³-hybridized carbons (Fsp3) is 0.381. The van der Waals surface area contributed by atoms with Gasteiger partial charge in [-0.05, 0) is 17.5 Å². The van der Waals surface area contributed by atoms with Gasteiger partial charge in [-0.3, -0.25) is 4.79 Å². The summed E-state index contributed by atoms with van der Waals surface area (Å²) in [4.78, 5) is 15.1. The first-order valence-corrected chi connectivity index (χ1v) is 8.98. The highest BCUT2D eigenvalue weighted by Gasteiger charge is 2.52. The van der Waals surface area contributed by atoms with Crippen LogP contribution in [0.1, 0.15) is 43.0 Å². The molecule has 0 N–H and O–H groups in total. The van der Waals surface area contributed by atoms with E-state index in [0.717, 1.165) is 24.0 Å². The van der Waals surface area contributed by atoms with Gasteiger partial charge in [0.25, 0.3) is 5.91 Å². The molecule has 0 unspecified atom stereocenters. The molecule has 2 aromatic carbocycles. The zero-order valence-corrected chi connectivity index (χ0v) is 14.4. The molecule has 0 spiro atoms. The number of carbonyl (C=O) groups is 1. The Labute approximate surface area is 148 Å². The van der Waals surface area contributed by atoms with E-state index in [9.17, 15) is 4.79 Å². The highest BCUT2D eigenvalue weighted by Crippen LogP contribution is 2.43. The number of nitrogens with zero attached hydrogens (tertiary/aromatic N) is 1. The molecule has 2 aromatic rings. The number of carbonyl (C=O) groups excluding carboxylic acids is 1. The van der Waals surface area contributed by atoms with Crippen molar-refractivity contribution in [3.63, 3.8) is 0 Å². The van der Waals surface area contributed by atoms with Crippen LogP contribution in [0.5, 0.6) is 0 Å². The van der Waals surface area contributed by atoms with Crippen molar-refractivity contribution >= 4 is 5.91 Å². The lowest BCUT2D eigenvalue weighted by atomic mass is 10.0. The monoisotopic (exact) mass is 337 g/mol. The molecule has 0 aromatic heterocycles. The maximum atomic E-state index is 13.2. The molecule has 1 amide bonds. The first-order valence-electron chi connectivity index (χ1n) is 8.98. The molecule has 2 aliphatic heterocycles. The van der Waals surface area contributed by atoms with E-state index in [-0.39, 0.29) is 24.3 Å². The lowest BCUT2D eigenvalue weighted by Crippen LogP contribution is -2.40. The van der Waals surface area contributed by atoms with Gasteiger partial charge in [0.2, 0.25) is 0 Å². The largest absolute Gasteiger partial charge is 0.356 e. The third-order valence-corrected chi connectivity index (χ3v) is 4.93. The van der Waals surface area contributed by atoms with Crippen LogP contribution in [0.25, 0.3) is 0 Å². The van der Waals surface area contributed by atoms with Gasteiger partial charge in [0.05, 0.1) is 12.6 Å². The fourth-order valence-corrected chi connectivity index (χ4v) is 3.60. The minimum Gasteiger partial charge on any atom is -0.356 e. The smallest absolute Gasteiger partial charge is 0.257 e. The summed E-state index contributed by atoms with van der Waals surface area (Å²) in [5.74, 6) is 0.0404. The van der Waals surface area contributed by atoms with Crippen LogP contribution in [0, 0.1) is 0 Å². The minimum atomic E-state index is -0.394. The average Bonchev–Trinajstić information content (AvgIpc) is 3.36. The third-order valence-electron chi connectivity index (χ3n) is 4.93. The Morgan fingerprint density at radius 3 is 2.32 bits per heavy atom. The molecule has 130 valence electrons. The van der Waals surface area contributed by atoms with Crippen molar-refractivity contribution in [2.75, 3.05) is 6.61 Å². The summed E-state index contributed by atoms with van der Waals surface area (Å²) in [7, 11) is 0. The second kappa shape index (κ2) is 6.98. The number of epoxide rings is 1. The van der Waals surface area contributed by atoms with E-state index in [2.05, 4.69) is 19.1 Å². The topological polar surface area (TPSA) is 42.1 Å². The zero-order valence-electron chi connectivity index (χ0n) is 14.4. The van der Waals surface area contributed by atoms with Crippen molar-refractivity contribution < 1.29 is 14.3 Å². The van der Waals surface area contributed by atoms with Crippen molar-refractivity contribution in [3.05, 3.63) is 71.8 Å². The predicted molar refractivity (Wildman–Crippen MR) is 94.7 cm³/mol. The molecule has 0 aliphatic carbocycles. The van der Waals surface area contributed by atoms with E-state index >= 15 is 0 Å². The van der Waals surface area contributed by atoms with Gasteiger partial charge in [-0.25, -0.2) is 0 Å². The lowest BCUT2D eigenvalue weighted by Gasteiger charge is -2.28. The van der Waals surface area contributed by atoms with E-state index in [4.69, 9.17) is 9.47 Å². The molecule has 4 rings (SSSR count). The second-order valence-electron chi connectivity index (χ2n) is 6.64. The van der Waals surface area contributed by atoms with E-state index in [0.29, 0.717) is 6.61 Å². The Balaban J connectivity index is 1.55. The Bertz CT molecular complexity index is 718. The van der Waals surface area contributed by atoms with Gasteiger partial charge in [-0.15, -0.1) is 0 Å². The van der Waals surface area contributed by atoms with Crippen LogP contribution >= 0.6 is 0 Å². The van der Waals surface area contributed by atoms with Crippen molar-refractivity contribution in [2.24, 2.45) is 0 Å². The normalized spacial score (nSPS) is 28.1. The minimum absolute atomic E-state index is 0.0362. The Hall–Kier alpha value is -2.17. The van der Waals surface area contributed by atoms with Gasteiger partial charge in [-0.1, -0.05) is 74.0 Å². The van der Waals surface area contributed by atoms with Crippen LogP contribution in [0.3, 0.4) is 0 Å². The molecule has 2 saturated heterocycles. The molecule has 0 bridgehead atoms. The molecular formula is C21H23NO3. The summed E-state index contributed by atoms with van der Waals surface area (Å²) in [5.41, 5.74) is 2.18. The van der Waals surface area contributed by atoms with Gasteiger partial charge in [0.1, 0.15) is 12.3 Å². The zero-order chi connectivity index (χ0) is 17.2. The van der Waals surface area contributed by atoms with Crippen LogP contribution in [-0.2, 0) is 14.3 Å². The Morgan fingerprint density at radius 1 is 1.04 bits per heavy atom. The van der Waals surface area contributed by atoms with Crippen LogP contribution in [0.15, 0.2) is 60.7 Å². The molecular weight excluding hydrogens is 314 g/mol. The first kappa shape index (κ1) is 16.3. The SMILES string of the molecule is CCC[C@@H]1OC[C@@H](c2ccccc2)N1C(=O)[C@@H]1O[C@H]1c1ccccc1. The van der Waals surface area contributed by atoms with Gasteiger partial charge in [-0.2, -0.15) is 0 Å². The van der Waals surface area contributed by atoms with E-state index in [1.807, 2.05) is 53.4 Å². The molecule has 0 saturated carbocycles. The molecule has 0 radical (unpaired) electrons. The maximum absolute atomic E-state index is 13.2. The number of benzene rings is 2. The van der Waals surface area contributed by atoms with Gasteiger partial charge < -0.3 is 14.4 Å². The Kier molecular flexibility index (Phi) is 4.55. The average molecular weight is 337 g/mol. The summed E-state index contributed by atoms with van der Waals surface area (Å²) >= 11 is 0. The first-order chi connectivity index (χ1) is 12.3. The maximum Gasteiger partial charge on any atom is 0.257 e. The van der Waals surface area contributed by atoms with Gasteiger partial charge in [0, 0.05) is 0 Å². The molecule has 4 heteroatoms. The van der Waals surface area contributed by atoms with Crippen molar-refractivity contribution in [2.45, 2.75) is 44.2 Å². The summed E-state index contributed by atoms with van der Waals surface area (Å²) in [6.07, 6.45) is 1.13. The van der Waals surface area contributed by atoms with Gasteiger partial charge >= 0.3 is 0 Å². The van der Waals surface area contributed by atoms with Gasteiger partial charge in [0.15, 0.2) is 6.10 Å². The summed E-state index contributed by atoms with van der Waals surface area (Å²) in [5, 5.41) is 0. The van der Waals surface area contributed by atoms with E-state index in [1.165, 1.54) is 0 Å². The standard InChI is InChI=1S/C21H23NO3/c1-2-9-18-22(17(14-24-18)15-10-5-3-6-11-15)21(23)20-19(25-20)16-12-7-4-8-13-16/h3-8,10-13,17-20H,2,9,14H2,1H3/t17-,18-,19-,20+/m0/s1. The molecule has 4 atom stereocenters. The number of hydrogen-bond acceptors (Lipinski definition) is 3. The molecule has 2 fully saturated rings. The summed E-state index contributed by atoms with van der Waals surface area (Å²) in [6.45, 7) is 2.66. The fourth-order valence-electron chi connectivity index (χ4n) is 3.60. The number of rotatable bonds is 5. The quantitative estimate of drug-likeness (QED) is 0.778. The summed E-state index contributed by atoms with van der Waals surface area (Å²) < 4.78 is 11.7. The second-order valence-corrected chi connectivity index (χ2v) is 6.64. The van der Waals surface area contributed by atoms with Crippen molar-refractivity contribution in [3.8, 4) is 0 Å². The Morgan fingerprint density at radius 2 is 1.68 bits per heavy atom. The van der Waals surface area contributed by atoms with E-state index < -0.39 is 6.10 Å². The third kappa shape index (κ3) is 3.20. The van der Waals surface area contributed by atoms with Crippen molar-refractivity contribution in [1.82, 2.24) is 4.90 Å². The lowest BCUT2D eigenvalue weighted by molar-refractivity contribution is -0.139. The van der Waals surface area contributed by atoms with Crippen molar-refractivity contribution in [1.29, 1.82) is 0 Å². The summed E-state index contributed by atoms with van der Waals surface area (Å²) in [6, 6.07) is 20.0. The highest BCUT2D eigenvalue weighted by atomic mass is 16.6. The molecule has 25 heavy (non-hydrogen) atoms. The molecule has 2 heterocycles. The highest BCUT2D eigenvalue weighted by molar-refractivity contribution is 5.85. The number of hydrogen-bond donors (Lipinski definition) is 0. The van der Waals surface area contributed by atoms with Crippen LogP contribution in [0.2, 0.25) is 0 Å². The van der Waals surface area contributed by atoms with Crippen LogP contribution in [-0.4, -0.2) is 29.7 Å². The van der Waals surface area contributed by atoms with Crippen LogP contribution in [0.4, 0.5) is 0 Å². The molecule has 2 aliphatic rings. The van der Waals surface area contributed by atoms with Crippen LogP contribution < -0.4 is 0 Å². The van der Waals surface area contributed by atoms with E-state index in [1.54, 1.807) is 0 Å².